The normalized spacial score (nSPS) is 19.7. The Labute approximate surface area is 187 Å². The molecule has 0 spiro atoms. The second kappa shape index (κ2) is 8.54. The van der Waals surface area contributed by atoms with Crippen molar-refractivity contribution in [3.05, 3.63) is 53.1 Å². The average Bonchev–Trinajstić information content (AvgIpc) is 3.58. The highest BCUT2D eigenvalue weighted by Gasteiger charge is 2.28. The molecular formula is C25H28FN3O3. The topological polar surface area (TPSA) is 65.5 Å². The van der Waals surface area contributed by atoms with Crippen LogP contribution in [0.15, 0.2) is 30.3 Å². The highest BCUT2D eigenvalue weighted by molar-refractivity contribution is 5.92. The van der Waals surface area contributed by atoms with Gasteiger partial charge in [-0.15, -0.1) is 0 Å². The lowest BCUT2D eigenvalue weighted by molar-refractivity contribution is 0.0546. The lowest BCUT2D eigenvalue weighted by Gasteiger charge is -2.20. The number of fused-ring (bicyclic) bond motifs is 2. The largest absolute Gasteiger partial charge is 0.487 e. The van der Waals surface area contributed by atoms with Crippen molar-refractivity contribution in [2.75, 3.05) is 25.1 Å². The van der Waals surface area contributed by atoms with Gasteiger partial charge in [0.1, 0.15) is 30.2 Å². The van der Waals surface area contributed by atoms with Crippen molar-refractivity contribution in [3.63, 3.8) is 0 Å². The van der Waals surface area contributed by atoms with E-state index in [1.54, 1.807) is 0 Å². The quantitative estimate of drug-likeness (QED) is 0.597. The van der Waals surface area contributed by atoms with E-state index in [0.717, 1.165) is 29.3 Å². The molecule has 2 heterocycles. The molecule has 1 aromatic heterocycles. The van der Waals surface area contributed by atoms with Crippen LogP contribution in [0.3, 0.4) is 0 Å². The van der Waals surface area contributed by atoms with Crippen LogP contribution >= 0.6 is 0 Å². The summed E-state index contributed by atoms with van der Waals surface area (Å²) in [4.78, 5) is 9.22. The minimum Gasteiger partial charge on any atom is -0.487 e. The van der Waals surface area contributed by atoms with Gasteiger partial charge in [0.2, 0.25) is 0 Å². The average molecular weight is 438 g/mol. The number of anilines is 1. The number of nitrogens with one attached hydrogen (secondary N) is 1. The third-order valence-electron chi connectivity index (χ3n) is 5.93. The zero-order valence-corrected chi connectivity index (χ0v) is 18.7. The smallest absolute Gasteiger partial charge is 0.163 e. The van der Waals surface area contributed by atoms with Crippen LogP contribution in [0.1, 0.15) is 55.6 Å². The summed E-state index contributed by atoms with van der Waals surface area (Å²) in [6, 6.07) is 9.19. The Hall–Kier alpha value is -2.93. The van der Waals surface area contributed by atoms with Crippen LogP contribution in [0.4, 0.5) is 10.2 Å². The number of ether oxygens (including phenoxy) is 3. The lowest BCUT2D eigenvalue weighted by atomic mass is 10.0. The third-order valence-corrected chi connectivity index (χ3v) is 5.93. The molecule has 0 saturated heterocycles. The van der Waals surface area contributed by atoms with Gasteiger partial charge in [-0.1, -0.05) is 18.2 Å². The van der Waals surface area contributed by atoms with Gasteiger partial charge in [0, 0.05) is 17.0 Å². The Kier molecular flexibility index (Phi) is 5.59. The van der Waals surface area contributed by atoms with Crippen molar-refractivity contribution >= 4 is 16.7 Å². The third kappa shape index (κ3) is 4.21. The summed E-state index contributed by atoms with van der Waals surface area (Å²) < 4.78 is 32.7. The fourth-order valence-electron chi connectivity index (χ4n) is 4.17. The summed E-state index contributed by atoms with van der Waals surface area (Å²) >= 11 is 0. The maximum Gasteiger partial charge on any atom is 0.163 e. The standard InChI is InChI=1S/C25H28FN3O3/c1-14-13-30-9-10-31-22-12-21-20(11-23(22)32-14)25(29-16(3)28-21)27-15(2)18-5-4-6-19(24(18)26)17-7-8-17/h4-6,11-12,14-15,17H,7-10,13H2,1-3H3,(H,27,28,29)/t14-,15+/m0/s1. The molecule has 168 valence electrons. The van der Waals surface area contributed by atoms with E-state index in [2.05, 4.69) is 15.3 Å². The fraction of sp³-hybridized carbons (Fsp3) is 0.440. The number of hydrogen-bond donors (Lipinski definition) is 1. The number of aryl methyl sites for hydroxylation is 1. The highest BCUT2D eigenvalue weighted by atomic mass is 19.1. The molecule has 1 aliphatic carbocycles. The maximum atomic E-state index is 15.2. The second-order valence-electron chi connectivity index (χ2n) is 8.68. The summed E-state index contributed by atoms with van der Waals surface area (Å²) in [7, 11) is 0. The zero-order chi connectivity index (χ0) is 22.2. The molecule has 5 rings (SSSR count). The Bertz CT molecular complexity index is 1150. The van der Waals surface area contributed by atoms with Gasteiger partial charge < -0.3 is 19.5 Å². The van der Waals surface area contributed by atoms with Gasteiger partial charge in [0.05, 0.1) is 24.8 Å². The van der Waals surface area contributed by atoms with Crippen LogP contribution in [-0.4, -0.2) is 35.9 Å². The van der Waals surface area contributed by atoms with Crippen LogP contribution in [-0.2, 0) is 4.74 Å². The molecular weight excluding hydrogens is 409 g/mol. The lowest BCUT2D eigenvalue weighted by Crippen LogP contribution is -2.19. The summed E-state index contributed by atoms with van der Waals surface area (Å²) in [5, 5.41) is 4.22. The molecule has 2 aliphatic rings. The summed E-state index contributed by atoms with van der Waals surface area (Å²) in [6.45, 7) is 7.20. The van der Waals surface area contributed by atoms with Gasteiger partial charge in [0.15, 0.2) is 11.5 Å². The maximum absolute atomic E-state index is 15.2. The summed E-state index contributed by atoms with van der Waals surface area (Å²) in [6.07, 6.45) is 2.01. The predicted molar refractivity (Wildman–Crippen MR) is 121 cm³/mol. The fourth-order valence-corrected chi connectivity index (χ4v) is 4.17. The van der Waals surface area contributed by atoms with Crippen molar-refractivity contribution in [1.29, 1.82) is 0 Å². The monoisotopic (exact) mass is 437 g/mol. The zero-order valence-electron chi connectivity index (χ0n) is 18.7. The molecule has 0 radical (unpaired) electrons. The van der Waals surface area contributed by atoms with Crippen LogP contribution in [0.2, 0.25) is 0 Å². The van der Waals surface area contributed by atoms with Crippen molar-refractivity contribution in [3.8, 4) is 11.5 Å². The van der Waals surface area contributed by atoms with E-state index in [0.29, 0.717) is 54.4 Å². The first-order chi connectivity index (χ1) is 15.5. The Morgan fingerprint density at radius 2 is 1.97 bits per heavy atom. The van der Waals surface area contributed by atoms with Crippen molar-refractivity contribution in [1.82, 2.24) is 9.97 Å². The SMILES string of the molecule is Cc1nc(N[C@H](C)c2cccc(C3CC3)c2F)c2cc3c(cc2n1)OCCOC[C@H](C)O3. The predicted octanol–water partition coefficient (Wildman–Crippen LogP) is 5.30. The van der Waals surface area contributed by atoms with E-state index in [1.807, 2.05) is 51.1 Å². The molecule has 7 heteroatoms. The summed E-state index contributed by atoms with van der Waals surface area (Å²) in [5.41, 5.74) is 2.21. The molecule has 0 bridgehead atoms. The molecule has 3 aromatic rings. The number of benzene rings is 2. The van der Waals surface area contributed by atoms with Crippen LogP contribution in [0, 0.1) is 12.7 Å². The molecule has 0 unspecified atom stereocenters. The van der Waals surface area contributed by atoms with Gasteiger partial charge in [-0.3, -0.25) is 0 Å². The molecule has 0 amide bonds. The molecule has 2 atom stereocenters. The van der Waals surface area contributed by atoms with Gasteiger partial charge in [-0.2, -0.15) is 0 Å². The molecule has 1 N–H and O–H groups in total. The van der Waals surface area contributed by atoms with E-state index >= 15 is 4.39 Å². The van der Waals surface area contributed by atoms with Crippen LogP contribution < -0.4 is 14.8 Å². The Balaban J connectivity index is 1.52. The molecule has 1 saturated carbocycles. The van der Waals surface area contributed by atoms with Crippen molar-refractivity contribution < 1.29 is 18.6 Å². The van der Waals surface area contributed by atoms with Crippen molar-refractivity contribution in [2.24, 2.45) is 0 Å². The second-order valence-corrected chi connectivity index (χ2v) is 8.68. The molecule has 1 aliphatic heterocycles. The Morgan fingerprint density at radius 3 is 2.78 bits per heavy atom. The molecule has 6 nitrogen and oxygen atoms in total. The number of hydrogen-bond acceptors (Lipinski definition) is 6. The van der Waals surface area contributed by atoms with E-state index in [4.69, 9.17) is 14.2 Å². The summed E-state index contributed by atoms with van der Waals surface area (Å²) in [5.74, 6) is 2.77. The molecule has 32 heavy (non-hydrogen) atoms. The van der Waals surface area contributed by atoms with Gasteiger partial charge in [0.25, 0.3) is 0 Å². The minimum atomic E-state index is -0.263. The van der Waals surface area contributed by atoms with Gasteiger partial charge in [-0.05, 0) is 51.2 Å². The molecule has 2 aromatic carbocycles. The van der Waals surface area contributed by atoms with Gasteiger partial charge >= 0.3 is 0 Å². The number of halogens is 1. The van der Waals surface area contributed by atoms with E-state index in [1.165, 1.54) is 0 Å². The van der Waals surface area contributed by atoms with Gasteiger partial charge in [-0.25, -0.2) is 14.4 Å². The first-order valence-corrected chi connectivity index (χ1v) is 11.2. The first-order valence-electron chi connectivity index (χ1n) is 11.2. The van der Waals surface area contributed by atoms with Crippen molar-refractivity contribution in [2.45, 2.75) is 51.7 Å². The highest BCUT2D eigenvalue weighted by Crippen LogP contribution is 2.43. The number of nitrogens with zero attached hydrogens (tertiary/aromatic N) is 2. The van der Waals surface area contributed by atoms with Crippen LogP contribution in [0.5, 0.6) is 11.5 Å². The van der Waals surface area contributed by atoms with E-state index in [9.17, 15) is 0 Å². The number of rotatable bonds is 4. The first kappa shape index (κ1) is 20.9. The van der Waals surface area contributed by atoms with Crippen LogP contribution in [0.25, 0.3) is 10.9 Å². The Morgan fingerprint density at radius 1 is 1.12 bits per heavy atom. The number of aromatic nitrogens is 2. The minimum absolute atomic E-state index is 0.114. The molecule has 1 fully saturated rings. The van der Waals surface area contributed by atoms with E-state index in [-0.39, 0.29) is 18.0 Å². The van der Waals surface area contributed by atoms with E-state index < -0.39 is 0 Å².